The molecular weight excluding hydrogens is 244 g/mol. The molecule has 1 N–H and O–H groups in total. The van der Waals surface area contributed by atoms with Crippen LogP contribution in [0.4, 0.5) is 0 Å². The highest BCUT2D eigenvalue weighted by atomic mass is 16.6. The zero-order valence-corrected chi connectivity index (χ0v) is 11.2. The molecule has 1 aliphatic rings. The van der Waals surface area contributed by atoms with E-state index in [2.05, 4.69) is 10.4 Å². The van der Waals surface area contributed by atoms with E-state index in [1.54, 1.807) is 31.4 Å². The van der Waals surface area contributed by atoms with Crippen LogP contribution in [0.1, 0.15) is 23.2 Å². The van der Waals surface area contributed by atoms with E-state index in [1.807, 2.05) is 0 Å². The van der Waals surface area contributed by atoms with Crippen LogP contribution < -0.4 is 10.2 Å². The molecule has 2 rings (SSSR count). The maximum Gasteiger partial charge on any atom is 0.274 e. The van der Waals surface area contributed by atoms with Gasteiger partial charge in [0.15, 0.2) is 0 Å². The summed E-state index contributed by atoms with van der Waals surface area (Å²) in [7, 11) is 1.59. The van der Waals surface area contributed by atoms with Crippen molar-refractivity contribution in [2.75, 3.05) is 33.4 Å². The van der Waals surface area contributed by atoms with Crippen molar-refractivity contribution in [2.45, 2.75) is 12.8 Å². The second-order valence-corrected chi connectivity index (χ2v) is 4.56. The molecule has 1 fully saturated rings. The molecule has 1 aromatic rings. The number of hydroxylamine groups is 1. The fraction of sp³-hybridized carbons (Fsp3) is 0.500. The van der Waals surface area contributed by atoms with Gasteiger partial charge in [-0.2, -0.15) is 0 Å². The molecule has 0 saturated carbocycles. The van der Waals surface area contributed by atoms with E-state index < -0.39 is 0 Å². The first-order valence-corrected chi connectivity index (χ1v) is 6.58. The van der Waals surface area contributed by atoms with Crippen molar-refractivity contribution in [2.24, 2.45) is 0 Å². The highest BCUT2D eigenvalue weighted by Crippen LogP contribution is 2.11. The molecular formula is C14H20N2O3. The third kappa shape index (κ3) is 4.22. The lowest BCUT2D eigenvalue weighted by molar-refractivity contribution is 0.0244. The van der Waals surface area contributed by atoms with Crippen LogP contribution in [0.15, 0.2) is 24.3 Å². The number of benzene rings is 1. The molecule has 5 heteroatoms. The molecule has 0 radical (unpaired) electrons. The maximum absolute atomic E-state index is 11.7. The van der Waals surface area contributed by atoms with Crippen molar-refractivity contribution in [3.63, 3.8) is 0 Å². The molecule has 0 aromatic heterocycles. The van der Waals surface area contributed by atoms with Crippen LogP contribution in [0, 0.1) is 0 Å². The largest absolute Gasteiger partial charge is 0.497 e. The van der Waals surface area contributed by atoms with E-state index >= 15 is 0 Å². The number of amides is 1. The molecule has 104 valence electrons. The van der Waals surface area contributed by atoms with Gasteiger partial charge in [0.05, 0.1) is 13.7 Å². The fourth-order valence-electron chi connectivity index (χ4n) is 2.10. The molecule has 1 saturated heterocycles. The second kappa shape index (κ2) is 7.11. The van der Waals surface area contributed by atoms with Crippen molar-refractivity contribution in [1.82, 2.24) is 10.4 Å². The molecule has 0 atom stereocenters. The van der Waals surface area contributed by atoms with Crippen molar-refractivity contribution in [1.29, 1.82) is 0 Å². The molecule has 1 aromatic carbocycles. The van der Waals surface area contributed by atoms with E-state index in [4.69, 9.17) is 9.57 Å². The summed E-state index contributed by atoms with van der Waals surface area (Å²) in [6.07, 6.45) is 2.52. The molecule has 1 heterocycles. The van der Waals surface area contributed by atoms with Gasteiger partial charge in [-0.1, -0.05) is 0 Å². The zero-order valence-electron chi connectivity index (χ0n) is 11.2. The summed E-state index contributed by atoms with van der Waals surface area (Å²) in [5, 5.41) is 0. The van der Waals surface area contributed by atoms with Gasteiger partial charge in [0.2, 0.25) is 0 Å². The van der Waals surface area contributed by atoms with Gasteiger partial charge in [-0.05, 0) is 50.2 Å². The van der Waals surface area contributed by atoms with Gasteiger partial charge in [-0.15, -0.1) is 0 Å². The lowest BCUT2D eigenvalue weighted by atomic mass is 10.2. The standard InChI is InChI=1S/C14H20N2O3/c1-18-13-6-4-12(5-7-13)14(17)15-19-11-10-16-8-2-3-9-16/h4-7H,2-3,8-11H2,1H3,(H,15,17). The number of hydrogen-bond acceptors (Lipinski definition) is 4. The Balaban J connectivity index is 1.68. The van der Waals surface area contributed by atoms with Crippen molar-refractivity contribution < 1.29 is 14.4 Å². The maximum atomic E-state index is 11.7. The van der Waals surface area contributed by atoms with Gasteiger partial charge in [-0.25, -0.2) is 5.48 Å². The Bertz CT molecular complexity index is 400. The Hall–Kier alpha value is -1.59. The summed E-state index contributed by atoms with van der Waals surface area (Å²) in [6, 6.07) is 6.91. The van der Waals surface area contributed by atoms with E-state index in [0.29, 0.717) is 12.2 Å². The minimum atomic E-state index is -0.232. The molecule has 0 bridgehead atoms. The van der Waals surface area contributed by atoms with Crippen molar-refractivity contribution in [3.8, 4) is 5.75 Å². The van der Waals surface area contributed by atoms with Crippen LogP contribution >= 0.6 is 0 Å². The lowest BCUT2D eigenvalue weighted by Gasteiger charge is -2.14. The number of carbonyl (C=O) groups is 1. The topological polar surface area (TPSA) is 50.8 Å². The Morgan fingerprint density at radius 3 is 2.58 bits per heavy atom. The van der Waals surface area contributed by atoms with Gasteiger partial charge in [0.1, 0.15) is 5.75 Å². The first-order chi connectivity index (χ1) is 9.29. The predicted molar refractivity (Wildman–Crippen MR) is 72.1 cm³/mol. The average Bonchev–Trinajstić information content (AvgIpc) is 2.96. The van der Waals surface area contributed by atoms with Crippen molar-refractivity contribution in [3.05, 3.63) is 29.8 Å². The van der Waals surface area contributed by atoms with Gasteiger partial charge in [-0.3, -0.25) is 9.63 Å². The molecule has 5 nitrogen and oxygen atoms in total. The first kappa shape index (κ1) is 13.8. The smallest absolute Gasteiger partial charge is 0.274 e. The SMILES string of the molecule is COc1ccc(C(=O)NOCCN2CCCC2)cc1. The van der Waals surface area contributed by atoms with Crippen LogP contribution in [0.2, 0.25) is 0 Å². The predicted octanol–water partition coefficient (Wildman–Crippen LogP) is 1.45. The highest BCUT2D eigenvalue weighted by molar-refractivity contribution is 5.93. The van der Waals surface area contributed by atoms with E-state index in [0.717, 1.165) is 25.4 Å². The molecule has 0 unspecified atom stereocenters. The monoisotopic (exact) mass is 264 g/mol. The van der Waals surface area contributed by atoms with Gasteiger partial charge in [0.25, 0.3) is 5.91 Å². The van der Waals surface area contributed by atoms with Crippen LogP contribution in [0.3, 0.4) is 0 Å². The number of hydrogen-bond donors (Lipinski definition) is 1. The Morgan fingerprint density at radius 2 is 1.95 bits per heavy atom. The van der Waals surface area contributed by atoms with Gasteiger partial charge < -0.3 is 9.64 Å². The summed E-state index contributed by atoms with van der Waals surface area (Å²) >= 11 is 0. The number of nitrogens with one attached hydrogen (secondary N) is 1. The fourth-order valence-corrected chi connectivity index (χ4v) is 2.10. The molecule has 1 aliphatic heterocycles. The first-order valence-electron chi connectivity index (χ1n) is 6.58. The van der Waals surface area contributed by atoms with E-state index in [-0.39, 0.29) is 5.91 Å². The molecule has 0 spiro atoms. The summed E-state index contributed by atoms with van der Waals surface area (Å²) in [5.74, 6) is 0.496. The van der Waals surface area contributed by atoms with Gasteiger partial charge >= 0.3 is 0 Å². The highest BCUT2D eigenvalue weighted by Gasteiger charge is 2.11. The van der Waals surface area contributed by atoms with Crippen LogP contribution in [0.5, 0.6) is 5.75 Å². The average molecular weight is 264 g/mol. The van der Waals surface area contributed by atoms with Crippen LogP contribution in [0.25, 0.3) is 0 Å². The number of rotatable bonds is 6. The minimum absolute atomic E-state index is 0.232. The summed E-state index contributed by atoms with van der Waals surface area (Å²) < 4.78 is 5.04. The van der Waals surface area contributed by atoms with Crippen molar-refractivity contribution >= 4 is 5.91 Å². The Kier molecular flexibility index (Phi) is 5.18. The van der Waals surface area contributed by atoms with E-state index in [1.165, 1.54) is 12.8 Å². The molecule has 19 heavy (non-hydrogen) atoms. The lowest BCUT2D eigenvalue weighted by Crippen LogP contribution is -2.30. The van der Waals surface area contributed by atoms with Crippen LogP contribution in [-0.2, 0) is 4.84 Å². The number of nitrogens with zero attached hydrogens (tertiary/aromatic N) is 1. The quantitative estimate of drug-likeness (QED) is 0.624. The number of likely N-dealkylation sites (tertiary alicyclic amines) is 1. The summed E-state index contributed by atoms with van der Waals surface area (Å²) in [4.78, 5) is 19.3. The third-order valence-corrected chi connectivity index (χ3v) is 3.23. The summed E-state index contributed by atoms with van der Waals surface area (Å²) in [6.45, 7) is 3.65. The van der Waals surface area contributed by atoms with Crippen LogP contribution in [-0.4, -0.2) is 44.2 Å². The molecule has 0 aliphatic carbocycles. The number of methoxy groups -OCH3 is 1. The number of carbonyl (C=O) groups excluding carboxylic acids is 1. The van der Waals surface area contributed by atoms with Gasteiger partial charge in [0, 0.05) is 12.1 Å². The third-order valence-electron chi connectivity index (χ3n) is 3.23. The zero-order chi connectivity index (χ0) is 13.5. The Labute approximate surface area is 113 Å². The Morgan fingerprint density at radius 1 is 1.26 bits per heavy atom. The normalized spacial score (nSPS) is 15.4. The minimum Gasteiger partial charge on any atom is -0.497 e. The van der Waals surface area contributed by atoms with E-state index in [9.17, 15) is 4.79 Å². The molecule has 1 amide bonds. The second-order valence-electron chi connectivity index (χ2n) is 4.56. The summed E-state index contributed by atoms with van der Waals surface area (Å²) in [5.41, 5.74) is 3.01. The number of ether oxygens (including phenoxy) is 1.